The van der Waals surface area contributed by atoms with Gasteiger partial charge in [-0.05, 0) is 18.1 Å². The third-order valence-electron chi connectivity index (χ3n) is 2.82. The zero-order valence-electron chi connectivity index (χ0n) is 10.6. The molecule has 108 valence electrons. The van der Waals surface area contributed by atoms with Crippen molar-refractivity contribution < 1.29 is 26.7 Å². The Morgan fingerprint density at radius 3 is 2.26 bits per heavy atom. The van der Waals surface area contributed by atoms with Crippen LogP contribution < -0.4 is 0 Å². The van der Waals surface area contributed by atoms with Crippen molar-refractivity contribution in [1.82, 2.24) is 0 Å². The smallest absolute Gasteiger partial charge is 0.375 e. The molecule has 0 aromatic heterocycles. The van der Waals surface area contributed by atoms with Crippen LogP contribution in [-0.4, -0.2) is 19.1 Å². The van der Waals surface area contributed by atoms with E-state index in [1.54, 1.807) is 0 Å². The van der Waals surface area contributed by atoms with E-state index < -0.39 is 30.2 Å². The minimum atomic E-state index is -4.53. The van der Waals surface area contributed by atoms with Crippen molar-refractivity contribution >= 4 is 0 Å². The average molecular weight is 282 g/mol. The Morgan fingerprint density at radius 2 is 1.79 bits per heavy atom. The number of hydrogen-bond donors (Lipinski definition) is 0. The van der Waals surface area contributed by atoms with Gasteiger partial charge in [-0.25, -0.2) is 8.78 Å². The van der Waals surface area contributed by atoms with Gasteiger partial charge in [0, 0.05) is 13.5 Å². The molecule has 19 heavy (non-hydrogen) atoms. The van der Waals surface area contributed by atoms with E-state index in [2.05, 4.69) is 4.74 Å². The molecular weight excluding hydrogens is 267 g/mol. The highest BCUT2D eigenvalue weighted by Gasteiger charge is 2.39. The highest BCUT2D eigenvalue weighted by Crippen LogP contribution is 2.32. The second-order valence-corrected chi connectivity index (χ2v) is 4.27. The highest BCUT2D eigenvalue weighted by atomic mass is 19.4. The molecule has 0 aliphatic heterocycles. The van der Waals surface area contributed by atoms with E-state index in [-0.39, 0.29) is 12.0 Å². The predicted molar refractivity (Wildman–Crippen MR) is 61.2 cm³/mol. The molecule has 0 aliphatic carbocycles. The predicted octanol–water partition coefficient (Wildman–Crippen LogP) is 4.31. The summed E-state index contributed by atoms with van der Waals surface area (Å²) in [5.41, 5.74) is -0.985. The molecule has 0 N–H and O–H groups in total. The minimum absolute atomic E-state index is 0.0599. The van der Waals surface area contributed by atoms with Crippen molar-refractivity contribution in [2.75, 3.05) is 7.11 Å². The molecular formula is C13H15F5O. The van der Waals surface area contributed by atoms with Gasteiger partial charge in [0.25, 0.3) is 5.92 Å². The van der Waals surface area contributed by atoms with Gasteiger partial charge in [0.1, 0.15) is 6.10 Å². The van der Waals surface area contributed by atoms with Crippen molar-refractivity contribution in [3.8, 4) is 0 Å². The molecule has 0 saturated carbocycles. The van der Waals surface area contributed by atoms with Crippen molar-refractivity contribution in [2.45, 2.75) is 38.0 Å². The van der Waals surface area contributed by atoms with Crippen LogP contribution >= 0.6 is 0 Å². The van der Waals surface area contributed by atoms with E-state index in [9.17, 15) is 22.0 Å². The first-order valence-electron chi connectivity index (χ1n) is 5.77. The number of ether oxygens (including phenoxy) is 1. The van der Waals surface area contributed by atoms with E-state index in [4.69, 9.17) is 0 Å². The molecule has 1 unspecified atom stereocenters. The summed E-state index contributed by atoms with van der Waals surface area (Å²) in [5, 5.41) is 0. The number of hydrogen-bond acceptors (Lipinski definition) is 1. The second kappa shape index (κ2) is 5.86. The van der Waals surface area contributed by atoms with Gasteiger partial charge in [0.05, 0.1) is 5.56 Å². The Kier molecular flexibility index (Phi) is 4.90. The molecule has 0 bridgehead atoms. The van der Waals surface area contributed by atoms with Crippen LogP contribution in [0.2, 0.25) is 0 Å². The van der Waals surface area contributed by atoms with Gasteiger partial charge >= 0.3 is 6.18 Å². The summed E-state index contributed by atoms with van der Waals surface area (Å²) < 4.78 is 69.7. The molecule has 0 heterocycles. The first-order chi connectivity index (χ1) is 8.70. The average Bonchev–Trinajstić information content (AvgIpc) is 2.28. The molecule has 1 rings (SSSR count). The second-order valence-electron chi connectivity index (χ2n) is 4.27. The van der Waals surface area contributed by atoms with Gasteiger partial charge in [-0.3, -0.25) is 0 Å². The Balaban J connectivity index is 2.94. The lowest BCUT2D eigenvalue weighted by Crippen LogP contribution is -2.36. The monoisotopic (exact) mass is 282 g/mol. The number of rotatable bonds is 5. The third-order valence-corrected chi connectivity index (χ3v) is 2.82. The topological polar surface area (TPSA) is 9.23 Å². The van der Waals surface area contributed by atoms with Crippen LogP contribution in [-0.2, 0) is 17.3 Å². The standard InChI is InChI=1S/C13H15F5O/c1-3-11(19-2)12(14,15)8-9-5-4-6-10(7-9)13(16,17)18/h4-7,11H,3,8H2,1-2H3. The van der Waals surface area contributed by atoms with Crippen LogP contribution in [0.3, 0.4) is 0 Å². The van der Waals surface area contributed by atoms with Crippen molar-refractivity contribution in [3.05, 3.63) is 35.4 Å². The SMILES string of the molecule is CCC(OC)C(F)(F)Cc1cccc(C(F)(F)F)c1. The molecule has 1 aromatic rings. The third kappa shape index (κ3) is 4.16. The normalized spacial score (nSPS) is 14.5. The first-order valence-corrected chi connectivity index (χ1v) is 5.77. The van der Waals surface area contributed by atoms with Crippen LogP contribution in [0.4, 0.5) is 22.0 Å². The minimum Gasteiger partial charge on any atom is -0.375 e. The summed E-state index contributed by atoms with van der Waals surface area (Å²) in [7, 11) is 1.16. The van der Waals surface area contributed by atoms with Crippen molar-refractivity contribution in [2.24, 2.45) is 0 Å². The molecule has 0 radical (unpaired) electrons. The van der Waals surface area contributed by atoms with Gasteiger partial charge in [-0.15, -0.1) is 0 Å². The van der Waals surface area contributed by atoms with Gasteiger partial charge in [0.15, 0.2) is 0 Å². The quantitative estimate of drug-likeness (QED) is 0.731. The maximum atomic E-state index is 13.8. The Hall–Kier alpha value is -1.17. The zero-order valence-corrected chi connectivity index (χ0v) is 10.6. The largest absolute Gasteiger partial charge is 0.416 e. The summed E-state index contributed by atoms with van der Waals surface area (Å²) in [6.45, 7) is 1.54. The molecule has 0 aliphatic rings. The van der Waals surface area contributed by atoms with Crippen LogP contribution in [0.1, 0.15) is 24.5 Å². The summed E-state index contributed by atoms with van der Waals surface area (Å²) in [6.07, 6.45) is -6.52. The fourth-order valence-corrected chi connectivity index (χ4v) is 1.88. The van der Waals surface area contributed by atoms with Gasteiger partial charge < -0.3 is 4.74 Å². The number of benzene rings is 1. The van der Waals surface area contributed by atoms with Crippen molar-refractivity contribution in [3.63, 3.8) is 0 Å². The molecule has 6 heteroatoms. The number of methoxy groups -OCH3 is 1. The Morgan fingerprint density at radius 1 is 1.16 bits per heavy atom. The molecule has 0 saturated heterocycles. The van der Waals surface area contributed by atoms with Crippen LogP contribution in [0.25, 0.3) is 0 Å². The zero-order chi connectivity index (χ0) is 14.7. The maximum absolute atomic E-state index is 13.8. The molecule has 1 aromatic carbocycles. The summed E-state index contributed by atoms with van der Waals surface area (Å²) >= 11 is 0. The summed E-state index contributed by atoms with van der Waals surface area (Å²) in [4.78, 5) is 0. The first kappa shape index (κ1) is 15.9. The van der Waals surface area contributed by atoms with Gasteiger partial charge in [-0.2, -0.15) is 13.2 Å². The molecule has 0 fully saturated rings. The van der Waals surface area contributed by atoms with Crippen LogP contribution in [0.5, 0.6) is 0 Å². The molecule has 1 nitrogen and oxygen atoms in total. The summed E-state index contributed by atoms with van der Waals surface area (Å²) in [5.74, 6) is -3.20. The van der Waals surface area contributed by atoms with E-state index in [0.717, 1.165) is 25.3 Å². The van der Waals surface area contributed by atoms with Crippen LogP contribution in [0, 0.1) is 0 Å². The Bertz CT molecular complexity index is 410. The number of halogens is 5. The Labute approximate surface area is 108 Å². The lowest BCUT2D eigenvalue weighted by molar-refractivity contribution is -0.138. The summed E-state index contributed by atoms with van der Waals surface area (Å²) in [6, 6.07) is 3.99. The van der Waals surface area contributed by atoms with E-state index >= 15 is 0 Å². The highest BCUT2D eigenvalue weighted by molar-refractivity contribution is 5.26. The number of alkyl halides is 5. The van der Waals surface area contributed by atoms with Crippen LogP contribution in [0.15, 0.2) is 24.3 Å². The fraction of sp³-hybridized carbons (Fsp3) is 0.538. The van der Waals surface area contributed by atoms with E-state index in [1.165, 1.54) is 13.0 Å². The molecule has 0 amide bonds. The lowest BCUT2D eigenvalue weighted by Gasteiger charge is -2.25. The van der Waals surface area contributed by atoms with E-state index in [1.807, 2.05) is 0 Å². The van der Waals surface area contributed by atoms with Crippen molar-refractivity contribution in [1.29, 1.82) is 0 Å². The lowest BCUT2D eigenvalue weighted by atomic mass is 9.99. The van der Waals surface area contributed by atoms with Gasteiger partial charge in [-0.1, -0.05) is 25.1 Å². The molecule has 1 atom stereocenters. The maximum Gasteiger partial charge on any atom is 0.416 e. The van der Waals surface area contributed by atoms with Gasteiger partial charge in [0.2, 0.25) is 0 Å². The van der Waals surface area contributed by atoms with E-state index in [0.29, 0.717) is 0 Å². The molecule has 0 spiro atoms. The fourth-order valence-electron chi connectivity index (χ4n) is 1.88.